The SMILES string of the molecule is CC(C)=CCN1C[C@H](C(N)=O)CC[C@@H]1C. The zero-order valence-corrected chi connectivity index (χ0v) is 9.99. The number of nitrogens with zero attached hydrogens (tertiary/aromatic N) is 1. The van der Waals surface area contributed by atoms with Crippen molar-refractivity contribution in [3.8, 4) is 0 Å². The molecule has 2 atom stereocenters. The number of carbonyl (C=O) groups excluding carboxylic acids is 1. The van der Waals surface area contributed by atoms with Gasteiger partial charge in [0, 0.05) is 19.1 Å². The van der Waals surface area contributed by atoms with Crippen molar-refractivity contribution in [2.24, 2.45) is 11.7 Å². The van der Waals surface area contributed by atoms with Gasteiger partial charge in [0.05, 0.1) is 5.92 Å². The van der Waals surface area contributed by atoms with E-state index < -0.39 is 0 Å². The lowest BCUT2D eigenvalue weighted by atomic mass is 9.93. The fourth-order valence-electron chi connectivity index (χ4n) is 1.97. The van der Waals surface area contributed by atoms with Gasteiger partial charge < -0.3 is 5.73 Å². The van der Waals surface area contributed by atoms with Gasteiger partial charge in [-0.15, -0.1) is 0 Å². The van der Waals surface area contributed by atoms with Crippen molar-refractivity contribution in [2.45, 2.75) is 39.7 Å². The Balaban J connectivity index is 2.53. The Morgan fingerprint density at radius 1 is 1.47 bits per heavy atom. The van der Waals surface area contributed by atoms with Gasteiger partial charge in [-0.05, 0) is 33.6 Å². The number of nitrogens with two attached hydrogens (primary N) is 1. The number of hydrogen-bond acceptors (Lipinski definition) is 2. The first kappa shape index (κ1) is 12.2. The van der Waals surface area contributed by atoms with Crippen molar-refractivity contribution in [3.05, 3.63) is 11.6 Å². The molecule has 1 saturated heterocycles. The third kappa shape index (κ3) is 3.67. The van der Waals surface area contributed by atoms with Gasteiger partial charge >= 0.3 is 0 Å². The van der Waals surface area contributed by atoms with Crippen LogP contribution in [0.25, 0.3) is 0 Å². The van der Waals surface area contributed by atoms with Crippen LogP contribution in [0.4, 0.5) is 0 Å². The van der Waals surface area contributed by atoms with Crippen LogP contribution in [0, 0.1) is 5.92 Å². The van der Waals surface area contributed by atoms with Gasteiger partial charge in [0.1, 0.15) is 0 Å². The van der Waals surface area contributed by atoms with Crippen LogP contribution in [-0.2, 0) is 4.79 Å². The second-order valence-corrected chi connectivity index (χ2v) is 4.76. The Morgan fingerprint density at radius 2 is 2.13 bits per heavy atom. The van der Waals surface area contributed by atoms with E-state index in [0.717, 1.165) is 25.9 Å². The molecule has 1 aliphatic heterocycles. The summed E-state index contributed by atoms with van der Waals surface area (Å²) in [4.78, 5) is 13.5. The molecule has 86 valence electrons. The lowest BCUT2D eigenvalue weighted by Crippen LogP contribution is -2.45. The van der Waals surface area contributed by atoms with Crippen molar-refractivity contribution < 1.29 is 4.79 Å². The second kappa shape index (κ2) is 5.31. The molecule has 0 bridgehead atoms. The van der Waals surface area contributed by atoms with E-state index in [2.05, 4.69) is 31.7 Å². The van der Waals surface area contributed by atoms with E-state index in [1.165, 1.54) is 5.57 Å². The first-order chi connectivity index (χ1) is 7.00. The van der Waals surface area contributed by atoms with E-state index in [0.29, 0.717) is 6.04 Å². The third-order valence-corrected chi connectivity index (χ3v) is 3.15. The molecule has 0 saturated carbocycles. The number of piperidine rings is 1. The van der Waals surface area contributed by atoms with Crippen LogP contribution >= 0.6 is 0 Å². The maximum absolute atomic E-state index is 11.1. The number of hydrogen-bond donors (Lipinski definition) is 1. The normalized spacial score (nSPS) is 27.4. The number of likely N-dealkylation sites (tertiary alicyclic amines) is 1. The van der Waals surface area contributed by atoms with Crippen LogP contribution in [0.15, 0.2) is 11.6 Å². The number of allylic oxidation sites excluding steroid dienone is 1. The van der Waals surface area contributed by atoms with Crippen LogP contribution in [0.3, 0.4) is 0 Å². The molecule has 0 aromatic carbocycles. The van der Waals surface area contributed by atoms with Gasteiger partial charge in [0.25, 0.3) is 0 Å². The summed E-state index contributed by atoms with van der Waals surface area (Å²) in [5.41, 5.74) is 6.67. The summed E-state index contributed by atoms with van der Waals surface area (Å²) in [6.07, 6.45) is 4.23. The molecular formula is C12H22N2O. The molecule has 1 heterocycles. The summed E-state index contributed by atoms with van der Waals surface area (Å²) in [7, 11) is 0. The summed E-state index contributed by atoms with van der Waals surface area (Å²) < 4.78 is 0. The fourth-order valence-corrected chi connectivity index (χ4v) is 1.97. The molecule has 1 amide bonds. The summed E-state index contributed by atoms with van der Waals surface area (Å²) in [6.45, 7) is 8.17. The van der Waals surface area contributed by atoms with E-state index in [4.69, 9.17) is 5.73 Å². The molecule has 1 aliphatic rings. The smallest absolute Gasteiger partial charge is 0.221 e. The molecule has 0 unspecified atom stereocenters. The highest BCUT2D eigenvalue weighted by molar-refractivity contribution is 5.76. The molecule has 0 aromatic rings. The number of primary amides is 1. The van der Waals surface area contributed by atoms with Gasteiger partial charge in [-0.25, -0.2) is 0 Å². The lowest BCUT2D eigenvalue weighted by molar-refractivity contribution is -0.123. The molecule has 0 aromatic heterocycles. The van der Waals surface area contributed by atoms with Crippen LogP contribution in [0.2, 0.25) is 0 Å². The standard InChI is InChI=1S/C12H22N2O/c1-9(2)6-7-14-8-11(12(13)15)5-4-10(14)3/h6,10-11H,4-5,7-8H2,1-3H3,(H2,13,15)/t10-,11+/m0/s1. The average Bonchev–Trinajstić information content (AvgIpc) is 2.16. The Kier molecular flexibility index (Phi) is 4.33. The highest BCUT2D eigenvalue weighted by atomic mass is 16.1. The van der Waals surface area contributed by atoms with E-state index >= 15 is 0 Å². The highest BCUT2D eigenvalue weighted by Crippen LogP contribution is 2.21. The zero-order valence-electron chi connectivity index (χ0n) is 9.99. The molecule has 1 rings (SSSR count). The molecule has 15 heavy (non-hydrogen) atoms. The van der Waals surface area contributed by atoms with Gasteiger partial charge in [0.2, 0.25) is 5.91 Å². The molecular weight excluding hydrogens is 188 g/mol. The largest absolute Gasteiger partial charge is 0.369 e. The average molecular weight is 210 g/mol. The van der Waals surface area contributed by atoms with E-state index in [-0.39, 0.29) is 11.8 Å². The minimum Gasteiger partial charge on any atom is -0.369 e. The van der Waals surface area contributed by atoms with Crippen LogP contribution in [0.5, 0.6) is 0 Å². The van der Waals surface area contributed by atoms with Crippen LogP contribution in [-0.4, -0.2) is 29.9 Å². The monoisotopic (exact) mass is 210 g/mol. The Hall–Kier alpha value is -0.830. The van der Waals surface area contributed by atoms with E-state index in [1.54, 1.807) is 0 Å². The Morgan fingerprint density at radius 3 is 2.67 bits per heavy atom. The number of amides is 1. The number of rotatable bonds is 3. The first-order valence-corrected chi connectivity index (χ1v) is 5.67. The van der Waals surface area contributed by atoms with Gasteiger partial charge in [-0.3, -0.25) is 9.69 Å². The summed E-state index contributed by atoms with van der Waals surface area (Å²) >= 11 is 0. The van der Waals surface area contributed by atoms with Crippen molar-refractivity contribution >= 4 is 5.91 Å². The lowest BCUT2D eigenvalue weighted by Gasteiger charge is -2.36. The van der Waals surface area contributed by atoms with Crippen molar-refractivity contribution in [1.82, 2.24) is 4.90 Å². The highest BCUT2D eigenvalue weighted by Gasteiger charge is 2.27. The van der Waals surface area contributed by atoms with Crippen molar-refractivity contribution in [3.63, 3.8) is 0 Å². The molecule has 2 N–H and O–H groups in total. The van der Waals surface area contributed by atoms with Crippen molar-refractivity contribution in [1.29, 1.82) is 0 Å². The first-order valence-electron chi connectivity index (χ1n) is 5.67. The fraction of sp³-hybridized carbons (Fsp3) is 0.750. The summed E-state index contributed by atoms with van der Waals surface area (Å²) in [6, 6.07) is 0.566. The predicted octanol–water partition coefficient (Wildman–Crippen LogP) is 1.54. The summed E-state index contributed by atoms with van der Waals surface area (Å²) in [5.74, 6) is -0.101. The Bertz CT molecular complexity index is 256. The summed E-state index contributed by atoms with van der Waals surface area (Å²) in [5, 5.41) is 0. The molecule has 0 radical (unpaired) electrons. The van der Waals surface area contributed by atoms with Crippen molar-refractivity contribution in [2.75, 3.05) is 13.1 Å². The molecule has 0 spiro atoms. The predicted molar refractivity (Wildman–Crippen MR) is 62.4 cm³/mol. The minimum atomic E-state index is -0.149. The topological polar surface area (TPSA) is 46.3 Å². The molecule has 1 fully saturated rings. The minimum absolute atomic E-state index is 0.0479. The van der Waals surface area contributed by atoms with Crippen LogP contribution in [0.1, 0.15) is 33.6 Å². The quantitative estimate of drug-likeness (QED) is 0.718. The second-order valence-electron chi connectivity index (χ2n) is 4.76. The number of carbonyl (C=O) groups is 1. The van der Waals surface area contributed by atoms with E-state index in [1.807, 2.05) is 0 Å². The van der Waals surface area contributed by atoms with E-state index in [9.17, 15) is 4.79 Å². The maximum Gasteiger partial charge on any atom is 0.221 e. The molecule has 3 nitrogen and oxygen atoms in total. The molecule has 0 aliphatic carbocycles. The third-order valence-electron chi connectivity index (χ3n) is 3.15. The Labute approximate surface area is 92.3 Å². The molecule has 3 heteroatoms. The van der Waals surface area contributed by atoms with Gasteiger partial charge in [-0.1, -0.05) is 11.6 Å². The maximum atomic E-state index is 11.1. The van der Waals surface area contributed by atoms with Gasteiger partial charge in [-0.2, -0.15) is 0 Å². The zero-order chi connectivity index (χ0) is 11.4. The van der Waals surface area contributed by atoms with Crippen LogP contribution < -0.4 is 5.73 Å². The van der Waals surface area contributed by atoms with Gasteiger partial charge in [0.15, 0.2) is 0 Å².